The van der Waals surface area contributed by atoms with Crippen LogP contribution in [0.3, 0.4) is 0 Å². The summed E-state index contributed by atoms with van der Waals surface area (Å²) in [5, 5.41) is 9.26. The van der Waals surface area contributed by atoms with Gasteiger partial charge in [-0.15, -0.1) is 10.2 Å². The molecule has 0 spiro atoms. The molecule has 6 heteroatoms. The first kappa shape index (κ1) is 15.9. The first-order valence-electron chi connectivity index (χ1n) is 7.09. The van der Waals surface area contributed by atoms with Gasteiger partial charge in [0.1, 0.15) is 5.75 Å². The molecule has 0 bridgehead atoms. The topological polar surface area (TPSA) is 48.2 Å². The molecule has 0 unspecified atom stereocenters. The molecule has 0 aliphatic heterocycles. The van der Waals surface area contributed by atoms with Gasteiger partial charge in [-0.1, -0.05) is 53.7 Å². The zero-order chi connectivity index (χ0) is 16.1. The van der Waals surface area contributed by atoms with Crippen LogP contribution in [0.4, 0.5) is 0 Å². The maximum absolute atomic E-state index is 5.92. The van der Waals surface area contributed by atoms with Gasteiger partial charge < -0.3 is 9.15 Å². The molecular formula is C17H15ClN2O2S. The number of benzene rings is 2. The van der Waals surface area contributed by atoms with Gasteiger partial charge in [0.05, 0.1) is 0 Å². The molecule has 0 atom stereocenters. The number of nitrogens with zero attached hydrogens (tertiary/aromatic N) is 2. The molecule has 0 aliphatic carbocycles. The number of aromatic nitrogens is 2. The highest BCUT2D eigenvalue weighted by atomic mass is 35.5. The van der Waals surface area contributed by atoms with Crippen LogP contribution in [0.5, 0.6) is 5.75 Å². The Balaban J connectivity index is 1.55. The van der Waals surface area contributed by atoms with Crippen LogP contribution in [0, 0.1) is 6.92 Å². The van der Waals surface area contributed by atoms with Crippen LogP contribution >= 0.6 is 23.4 Å². The first-order valence-corrected chi connectivity index (χ1v) is 8.45. The van der Waals surface area contributed by atoms with Crippen molar-refractivity contribution in [2.45, 2.75) is 24.5 Å². The van der Waals surface area contributed by atoms with Crippen molar-refractivity contribution in [2.75, 3.05) is 0 Å². The van der Waals surface area contributed by atoms with E-state index in [2.05, 4.69) is 22.3 Å². The number of aryl methyl sites for hydroxylation is 1. The van der Waals surface area contributed by atoms with Crippen LogP contribution in [-0.2, 0) is 12.4 Å². The Morgan fingerprint density at radius 3 is 2.74 bits per heavy atom. The maximum atomic E-state index is 5.92. The van der Waals surface area contributed by atoms with Crippen molar-refractivity contribution in [2.24, 2.45) is 0 Å². The fourth-order valence-corrected chi connectivity index (χ4v) is 2.95. The molecule has 118 valence electrons. The summed E-state index contributed by atoms with van der Waals surface area (Å²) in [5.41, 5.74) is 2.18. The van der Waals surface area contributed by atoms with E-state index in [1.54, 1.807) is 6.07 Å². The molecule has 3 rings (SSSR count). The fourth-order valence-electron chi connectivity index (χ4n) is 1.99. The number of hydrogen-bond donors (Lipinski definition) is 0. The molecule has 0 amide bonds. The average Bonchev–Trinajstić information content (AvgIpc) is 3.01. The molecule has 0 saturated carbocycles. The van der Waals surface area contributed by atoms with E-state index in [0.717, 1.165) is 17.1 Å². The van der Waals surface area contributed by atoms with Gasteiger partial charge in [0.2, 0.25) is 0 Å². The largest absolute Gasteiger partial charge is 0.484 e. The Bertz CT molecular complexity index is 777. The Labute approximate surface area is 143 Å². The third-order valence-corrected chi connectivity index (χ3v) is 4.27. The average molecular weight is 347 g/mol. The van der Waals surface area contributed by atoms with E-state index in [9.17, 15) is 0 Å². The lowest BCUT2D eigenvalue weighted by Gasteiger charge is -2.06. The van der Waals surface area contributed by atoms with Gasteiger partial charge in [-0.05, 0) is 36.2 Å². The van der Waals surface area contributed by atoms with E-state index >= 15 is 0 Å². The predicted molar refractivity (Wildman–Crippen MR) is 90.8 cm³/mol. The summed E-state index contributed by atoms with van der Waals surface area (Å²) in [4.78, 5) is 0. The zero-order valence-corrected chi connectivity index (χ0v) is 14.1. The minimum absolute atomic E-state index is 0.237. The molecular weight excluding hydrogens is 332 g/mol. The molecule has 0 fully saturated rings. The molecule has 1 aromatic heterocycles. The van der Waals surface area contributed by atoms with Crippen molar-refractivity contribution in [3.63, 3.8) is 0 Å². The summed E-state index contributed by atoms with van der Waals surface area (Å²) in [5.74, 6) is 2.00. The molecule has 4 nitrogen and oxygen atoms in total. The molecule has 1 heterocycles. The summed E-state index contributed by atoms with van der Waals surface area (Å²) in [7, 11) is 0. The van der Waals surface area contributed by atoms with E-state index in [1.807, 2.05) is 37.3 Å². The van der Waals surface area contributed by atoms with Crippen molar-refractivity contribution in [1.29, 1.82) is 0 Å². The standard InChI is InChI=1S/C17H15ClN2O2S/c1-12-9-14(18)7-8-15(12)21-10-16-19-20-17(22-16)23-11-13-5-3-2-4-6-13/h2-9H,10-11H2,1H3. The number of halogens is 1. The minimum atomic E-state index is 0.237. The van der Waals surface area contributed by atoms with Crippen LogP contribution in [0.25, 0.3) is 0 Å². The second-order valence-electron chi connectivity index (χ2n) is 4.93. The lowest BCUT2D eigenvalue weighted by molar-refractivity contribution is 0.251. The van der Waals surface area contributed by atoms with Gasteiger partial charge in [-0.25, -0.2) is 0 Å². The van der Waals surface area contributed by atoms with Gasteiger partial charge in [0, 0.05) is 10.8 Å². The summed E-state index contributed by atoms with van der Waals surface area (Å²) >= 11 is 7.43. The maximum Gasteiger partial charge on any atom is 0.277 e. The molecule has 3 aromatic rings. The molecule has 0 saturated heterocycles. The minimum Gasteiger partial charge on any atom is -0.484 e. The van der Waals surface area contributed by atoms with E-state index in [4.69, 9.17) is 20.8 Å². The molecule has 2 aromatic carbocycles. The Morgan fingerprint density at radius 1 is 1.13 bits per heavy atom. The predicted octanol–water partition coefficient (Wildman–Crippen LogP) is 4.90. The summed E-state index contributed by atoms with van der Waals surface area (Å²) < 4.78 is 11.3. The molecule has 23 heavy (non-hydrogen) atoms. The molecule has 0 N–H and O–H groups in total. The van der Waals surface area contributed by atoms with Crippen molar-refractivity contribution < 1.29 is 9.15 Å². The van der Waals surface area contributed by atoms with Crippen LogP contribution in [0.2, 0.25) is 5.02 Å². The Morgan fingerprint density at radius 2 is 1.96 bits per heavy atom. The van der Waals surface area contributed by atoms with Gasteiger partial charge in [-0.2, -0.15) is 0 Å². The summed E-state index contributed by atoms with van der Waals surface area (Å²) in [6, 6.07) is 15.6. The quantitative estimate of drug-likeness (QED) is 0.594. The van der Waals surface area contributed by atoms with Crippen molar-refractivity contribution >= 4 is 23.4 Å². The third kappa shape index (κ3) is 4.50. The Hall–Kier alpha value is -1.98. The fraction of sp³-hybridized carbons (Fsp3) is 0.176. The number of hydrogen-bond acceptors (Lipinski definition) is 5. The van der Waals surface area contributed by atoms with Gasteiger partial charge in [0.15, 0.2) is 6.61 Å². The van der Waals surface area contributed by atoms with Gasteiger partial charge in [0.25, 0.3) is 11.1 Å². The van der Waals surface area contributed by atoms with E-state index < -0.39 is 0 Å². The van der Waals surface area contributed by atoms with Gasteiger partial charge >= 0.3 is 0 Å². The molecule has 0 aliphatic rings. The number of rotatable bonds is 6. The second kappa shape index (κ2) is 7.53. The van der Waals surface area contributed by atoms with E-state index in [1.165, 1.54) is 17.3 Å². The lowest BCUT2D eigenvalue weighted by atomic mass is 10.2. The highest BCUT2D eigenvalue weighted by Crippen LogP contribution is 2.24. The smallest absolute Gasteiger partial charge is 0.277 e. The monoisotopic (exact) mass is 346 g/mol. The Kier molecular flexibility index (Phi) is 5.20. The zero-order valence-electron chi connectivity index (χ0n) is 12.5. The van der Waals surface area contributed by atoms with Gasteiger partial charge in [-0.3, -0.25) is 0 Å². The van der Waals surface area contributed by atoms with Crippen LogP contribution < -0.4 is 4.74 Å². The van der Waals surface area contributed by atoms with E-state index in [0.29, 0.717) is 16.1 Å². The highest BCUT2D eigenvalue weighted by molar-refractivity contribution is 7.98. The van der Waals surface area contributed by atoms with Crippen molar-refractivity contribution in [1.82, 2.24) is 10.2 Å². The second-order valence-corrected chi connectivity index (χ2v) is 6.30. The van der Waals surface area contributed by atoms with Crippen LogP contribution in [-0.4, -0.2) is 10.2 Å². The SMILES string of the molecule is Cc1cc(Cl)ccc1OCc1nnc(SCc2ccccc2)o1. The first-order chi connectivity index (χ1) is 11.2. The highest BCUT2D eigenvalue weighted by Gasteiger charge is 2.09. The molecule has 0 radical (unpaired) electrons. The lowest BCUT2D eigenvalue weighted by Crippen LogP contribution is -1.97. The number of thioether (sulfide) groups is 1. The number of ether oxygens (including phenoxy) is 1. The van der Waals surface area contributed by atoms with Crippen LogP contribution in [0.15, 0.2) is 58.2 Å². The van der Waals surface area contributed by atoms with Crippen molar-refractivity contribution in [3.8, 4) is 5.75 Å². The van der Waals surface area contributed by atoms with Crippen molar-refractivity contribution in [3.05, 3.63) is 70.6 Å². The van der Waals surface area contributed by atoms with E-state index in [-0.39, 0.29) is 6.61 Å². The summed E-state index contributed by atoms with van der Waals surface area (Å²) in [6.07, 6.45) is 0. The van der Waals surface area contributed by atoms with Crippen LogP contribution in [0.1, 0.15) is 17.0 Å². The third-order valence-electron chi connectivity index (χ3n) is 3.14. The summed E-state index contributed by atoms with van der Waals surface area (Å²) in [6.45, 7) is 2.18. The normalized spacial score (nSPS) is 10.7.